The summed E-state index contributed by atoms with van der Waals surface area (Å²) in [5.74, 6) is 1.24. The maximum atomic E-state index is 7.82. The Labute approximate surface area is 107 Å². The average Bonchev–Trinajstić information content (AvgIpc) is 2.62. The fraction of sp³-hybridized carbons (Fsp3) is 0.462. The molecule has 0 aliphatic carbocycles. The summed E-state index contributed by atoms with van der Waals surface area (Å²) < 4.78 is 15.4. The highest BCUT2D eigenvalue weighted by atomic mass is 35.5. The smallest absolute Gasteiger partial charge is 0.124 e. The van der Waals surface area contributed by atoms with Crippen LogP contribution in [0.5, 0.6) is 0 Å². The van der Waals surface area contributed by atoms with Crippen LogP contribution < -0.4 is 0 Å². The Morgan fingerprint density at radius 2 is 2.47 bits per heavy atom. The minimum absolute atomic E-state index is 0.263. The molecule has 3 nitrogen and oxygen atoms in total. The van der Waals surface area contributed by atoms with Crippen molar-refractivity contribution in [2.75, 3.05) is 6.61 Å². The molecule has 3 rings (SSSR count). The SMILES string of the molecule is [2H]c1cc(C)c2nc(CCl)n(C[C@@H]3CCO3)c2c1. The van der Waals surface area contributed by atoms with Gasteiger partial charge in [-0.3, -0.25) is 0 Å². The first-order chi connectivity index (χ1) is 8.69. The van der Waals surface area contributed by atoms with Crippen molar-refractivity contribution in [2.24, 2.45) is 0 Å². The van der Waals surface area contributed by atoms with Gasteiger partial charge in [0.15, 0.2) is 0 Å². The molecule has 1 aliphatic rings. The Hall–Kier alpha value is -1.06. The molecule has 0 N–H and O–H groups in total. The zero-order valence-corrected chi connectivity index (χ0v) is 10.5. The van der Waals surface area contributed by atoms with E-state index in [0.717, 1.165) is 42.0 Å². The lowest BCUT2D eigenvalue weighted by Crippen LogP contribution is -2.31. The second kappa shape index (κ2) is 4.31. The van der Waals surface area contributed by atoms with Crippen molar-refractivity contribution in [3.05, 3.63) is 29.6 Å². The van der Waals surface area contributed by atoms with Crippen LogP contribution in [0.2, 0.25) is 0 Å². The lowest BCUT2D eigenvalue weighted by Gasteiger charge is -2.27. The van der Waals surface area contributed by atoms with Gasteiger partial charge in [-0.05, 0) is 25.0 Å². The number of rotatable bonds is 3. The first kappa shape index (κ1) is 9.92. The second-order valence-electron chi connectivity index (χ2n) is 4.43. The van der Waals surface area contributed by atoms with Gasteiger partial charge in [-0.15, -0.1) is 11.6 Å². The average molecular weight is 252 g/mol. The highest BCUT2D eigenvalue weighted by Crippen LogP contribution is 2.23. The van der Waals surface area contributed by atoms with Crippen molar-refractivity contribution in [1.29, 1.82) is 0 Å². The molecule has 0 saturated carbocycles. The van der Waals surface area contributed by atoms with Gasteiger partial charge in [0.05, 0.1) is 30.9 Å². The van der Waals surface area contributed by atoms with Crippen LogP contribution in [0.15, 0.2) is 18.2 Å². The van der Waals surface area contributed by atoms with Crippen LogP contribution >= 0.6 is 11.6 Å². The number of aryl methyl sites for hydroxylation is 1. The van der Waals surface area contributed by atoms with Gasteiger partial charge in [0.25, 0.3) is 0 Å². The first-order valence-electron chi connectivity index (χ1n) is 6.33. The van der Waals surface area contributed by atoms with Crippen molar-refractivity contribution in [1.82, 2.24) is 9.55 Å². The van der Waals surface area contributed by atoms with Crippen LogP contribution in [0.25, 0.3) is 11.0 Å². The maximum absolute atomic E-state index is 7.82. The Kier molecular flexibility index (Phi) is 2.52. The fourth-order valence-electron chi connectivity index (χ4n) is 2.20. The van der Waals surface area contributed by atoms with E-state index in [0.29, 0.717) is 11.9 Å². The monoisotopic (exact) mass is 251 g/mol. The number of aromatic nitrogens is 2. The topological polar surface area (TPSA) is 27.1 Å². The molecular formula is C13H15ClN2O. The predicted molar refractivity (Wildman–Crippen MR) is 68.4 cm³/mol. The standard InChI is InChI=1S/C13H15ClN2O/c1-9-3-2-4-11-13(9)15-12(7-14)16(11)8-10-5-6-17-10/h2-4,10H,5-8H2,1H3/t10-/m0/s1/i2D. The molecule has 90 valence electrons. The fourth-order valence-corrected chi connectivity index (χ4v) is 2.41. The highest BCUT2D eigenvalue weighted by Gasteiger charge is 2.21. The molecule has 0 radical (unpaired) electrons. The molecule has 17 heavy (non-hydrogen) atoms. The maximum Gasteiger partial charge on any atom is 0.124 e. The van der Waals surface area contributed by atoms with E-state index in [-0.39, 0.29) is 6.10 Å². The third kappa shape index (κ3) is 1.83. The quantitative estimate of drug-likeness (QED) is 0.785. The summed E-state index contributed by atoms with van der Waals surface area (Å²) in [4.78, 5) is 4.58. The van der Waals surface area contributed by atoms with E-state index in [2.05, 4.69) is 9.55 Å². The normalized spacial score (nSPS) is 20.4. The third-order valence-corrected chi connectivity index (χ3v) is 3.52. The van der Waals surface area contributed by atoms with Gasteiger partial charge in [-0.2, -0.15) is 0 Å². The van der Waals surface area contributed by atoms with E-state index < -0.39 is 0 Å². The molecule has 0 spiro atoms. The van der Waals surface area contributed by atoms with Gasteiger partial charge < -0.3 is 9.30 Å². The number of ether oxygens (including phenoxy) is 1. The lowest BCUT2D eigenvalue weighted by molar-refractivity contribution is -0.0589. The van der Waals surface area contributed by atoms with E-state index in [1.165, 1.54) is 0 Å². The zero-order valence-electron chi connectivity index (χ0n) is 10.7. The number of halogens is 1. The van der Waals surface area contributed by atoms with Crippen LogP contribution in [0, 0.1) is 6.92 Å². The summed E-state index contributed by atoms with van der Waals surface area (Å²) in [5, 5.41) is 0. The number of imidazole rings is 1. The molecule has 1 aromatic carbocycles. The third-order valence-electron chi connectivity index (χ3n) is 3.28. The molecule has 0 unspecified atom stereocenters. The molecule has 1 atom stereocenters. The molecular weight excluding hydrogens is 236 g/mol. The molecule has 1 fully saturated rings. The lowest BCUT2D eigenvalue weighted by atomic mass is 10.1. The summed E-state index contributed by atoms with van der Waals surface area (Å²) in [5.41, 5.74) is 2.96. The van der Waals surface area contributed by atoms with Crippen molar-refractivity contribution in [2.45, 2.75) is 31.9 Å². The van der Waals surface area contributed by atoms with Crippen LogP contribution in [0.3, 0.4) is 0 Å². The number of benzene rings is 1. The van der Waals surface area contributed by atoms with E-state index in [1.54, 1.807) is 0 Å². The Balaban J connectivity index is 2.13. The van der Waals surface area contributed by atoms with Crippen LogP contribution in [-0.4, -0.2) is 22.3 Å². The highest BCUT2D eigenvalue weighted by molar-refractivity contribution is 6.16. The van der Waals surface area contributed by atoms with Crippen molar-refractivity contribution >= 4 is 22.6 Å². The Morgan fingerprint density at radius 3 is 3.12 bits per heavy atom. The number of para-hydroxylation sites is 1. The number of nitrogens with zero attached hydrogens (tertiary/aromatic N) is 2. The van der Waals surface area contributed by atoms with Gasteiger partial charge in [0, 0.05) is 6.61 Å². The van der Waals surface area contributed by atoms with E-state index >= 15 is 0 Å². The van der Waals surface area contributed by atoms with E-state index in [1.807, 2.05) is 19.1 Å². The Morgan fingerprint density at radius 1 is 1.65 bits per heavy atom. The van der Waals surface area contributed by atoms with Gasteiger partial charge in [-0.1, -0.05) is 12.1 Å². The number of fused-ring (bicyclic) bond motifs is 1. The summed E-state index contributed by atoms with van der Waals surface area (Å²) in [6.07, 6.45) is 1.35. The van der Waals surface area contributed by atoms with Crippen LogP contribution in [-0.2, 0) is 17.2 Å². The Bertz CT molecular complexity index is 592. The second-order valence-corrected chi connectivity index (χ2v) is 4.69. The van der Waals surface area contributed by atoms with Crippen molar-refractivity contribution in [3.8, 4) is 0 Å². The summed E-state index contributed by atoms with van der Waals surface area (Å²) in [6.45, 7) is 3.60. The molecule has 1 aromatic heterocycles. The molecule has 2 aromatic rings. The number of alkyl halides is 1. The van der Waals surface area contributed by atoms with Crippen molar-refractivity contribution in [3.63, 3.8) is 0 Å². The van der Waals surface area contributed by atoms with E-state index in [4.69, 9.17) is 17.7 Å². The summed E-state index contributed by atoms with van der Waals surface area (Å²) in [6, 6.07) is 4.19. The number of hydrogen-bond acceptors (Lipinski definition) is 2. The predicted octanol–water partition coefficient (Wildman–Crippen LogP) is 2.87. The summed E-state index contributed by atoms with van der Waals surface area (Å²) in [7, 11) is 0. The van der Waals surface area contributed by atoms with Gasteiger partial charge >= 0.3 is 0 Å². The minimum Gasteiger partial charge on any atom is -0.376 e. The van der Waals surface area contributed by atoms with E-state index in [9.17, 15) is 0 Å². The molecule has 2 heterocycles. The number of hydrogen-bond donors (Lipinski definition) is 0. The van der Waals surface area contributed by atoms with Gasteiger partial charge in [0.1, 0.15) is 5.82 Å². The van der Waals surface area contributed by atoms with Gasteiger partial charge in [0.2, 0.25) is 0 Å². The molecule has 0 bridgehead atoms. The van der Waals surface area contributed by atoms with Gasteiger partial charge in [-0.25, -0.2) is 4.98 Å². The molecule has 1 saturated heterocycles. The molecule has 1 aliphatic heterocycles. The molecule has 0 amide bonds. The van der Waals surface area contributed by atoms with Crippen LogP contribution in [0.1, 0.15) is 19.2 Å². The molecule has 4 heteroatoms. The first-order valence-corrected chi connectivity index (χ1v) is 6.36. The zero-order chi connectivity index (χ0) is 12.7. The largest absolute Gasteiger partial charge is 0.376 e. The summed E-state index contributed by atoms with van der Waals surface area (Å²) >= 11 is 5.97. The van der Waals surface area contributed by atoms with Crippen LogP contribution in [0.4, 0.5) is 0 Å². The minimum atomic E-state index is 0.263. The van der Waals surface area contributed by atoms with Crippen molar-refractivity contribution < 1.29 is 6.11 Å².